The van der Waals surface area contributed by atoms with Crippen molar-refractivity contribution in [1.82, 2.24) is 14.2 Å². The van der Waals surface area contributed by atoms with E-state index in [0.29, 0.717) is 18.7 Å². The molecule has 1 amide bonds. The fraction of sp³-hybridized carbons (Fsp3) is 0.429. The largest absolute Gasteiger partial charge is 0.469 e. The molecule has 2 heterocycles. The Kier molecular flexibility index (Phi) is 7.11. The van der Waals surface area contributed by atoms with Crippen molar-refractivity contribution in [2.75, 3.05) is 20.2 Å². The molecule has 2 aromatic rings. The van der Waals surface area contributed by atoms with Gasteiger partial charge in [-0.15, -0.1) is 0 Å². The van der Waals surface area contributed by atoms with E-state index in [2.05, 4.69) is 5.32 Å². The Hall–Kier alpha value is -2.72. The standard InChI is InChI=1S/C21H26FN3O5S/c1-24-14-17(31(28,29)25-10-4-3-5-11-25)12-19(24)21(27)23-18(13-20(26)30-2)15-6-8-16(22)9-7-15/h6-9,12,14,18H,3-5,10-11,13H2,1-2H3,(H,23,27). The lowest BCUT2D eigenvalue weighted by molar-refractivity contribution is -0.141. The quantitative estimate of drug-likeness (QED) is 0.652. The van der Waals surface area contributed by atoms with Crippen molar-refractivity contribution in [3.63, 3.8) is 0 Å². The van der Waals surface area contributed by atoms with Crippen LogP contribution in [0.4, 0.5) is 4.39 Å². The third-order valence-corrected chi connectivity index (χ3v) is 7.21. The van der Waals surface area contributed by atoms with Gasteiger partial charge in [0.15, 0.2) is 0 Å². The zero-order valence-electron chi connectivity index (χ0n) is 17.5. The van der Waals surface area contributed by atoms with Crippen LogP contribution in [0.3, 0.4) is 0 Å². The number of nitrogens with zero attached hydrogens (tertiary/aromatic N) is 2. The molecule has 1 unspecified atom stereocenters. The lowest BCUT2D eigenvalue weighted by Gasteiger charge is -2.25. The monoisotopic (exact) mass is 451 g/mol. The molecular formula is C21H26FN3O5S. The van der Waals surface area contributed by atoms with Crippen LogP contribution in [0.1, 0.15) is 47.8 Å². The number of nitrogens with one attached hydrogen (secondary N) is 1. The molecular weight excluding hydrogens is 425 g/mol. The highest BCUT2D eigenvalue weighted by Crippen LogP contribution is 2.24. The highest BCUT2D eigenvalue weighted by Gasteiger charge is 2.29. The number of aromatic nitrogens is 1. The number of halogens is 1. The van der Waals surface area contributed by atoms with Gasteiger partial charge in [0.05, 0.1) is 19.6 Å². The SMILES string of the molecule is COC(=O)CC(NC(=O)c1cc(S(=O)(=O)N2CCCCC2)cn1C)c1ccc(F)cc1. The van der Waals surface area contributed by atoms with Crippen LogP contribution in [0.2, 0.25) is 0 Å². The molecule has 0 aliphatic carbocycles. The molecule has 1 aromatic heterocycles. The number of hydrogen-bond acceptors (Lipinski definition) is 5. The molecule has 1 aromatic carbocycles. The number of piperidine rings is 1. The third-order valence-electron chi connectivity index (χ3n) is 5.34. The number of hydrogen-bond donors (Lipinski definition) is 1. The minimum atomic E-state index is -3.69. The summed E-state index contributed by atoms with van der Waals surface area (Å²) in [6.07, 6.45) is 3.88. The van der Waals surface area contributed by atoms with Gasteiger partial charge in [-0.25, -0.2) is 12.8 Å². The number of sulfonamides is 1. The Morgan fingerprint density at radius 2 is 1.81 bits per heavy atom. The Morgan fingerprint density at radius 1 is 1.16 bits per heavy atom. The van der Waals surface area contributed by atoms with E-state index in [4.69, 9.17) is 4.74 Å². The first-order valence-corrected chi connectivity index (χ1v) is 11.5. The van der Waals surface area contributed by atoms with Crippen molar-refractivity contribution < 1.29 is 27.1 Å². The number of benzene rings is 1. The second kappa shape index (κ2) is 9.61. The highest BCUT2D eigenvalue weighted by molar-refractivity contribution is 7.89. The molecule has 1 aliphatic rings. The number of carbonyl (C=O) groups is 2. The fourth-order valence-corrected chi connectivity index (χ4v) is 5.17. The molecule has 1 atom stereocenters. The van der Waals surface area contributed by atoms with E-state index in [1.165, 1.54) is 52.5 Å². The Balaban J connectivity index is 1.83. The van der Waals surface area contributed by atoms with Gasteiger partial charge in [-0.3, -0.25) is 9.59 Å². The number of carbonyl (C=O) groups excluding carboxylic acids is 2. The summed E-state index contributed by atoms with van der Waals surface area (Å²) < 4.78 is 46.7. The van der Waals surface area contributed by atoms with Crippen molar-refractivity contribution in [3.05, 3.63) is 53.6 Å². The van der Waals surface area contributed by atoms with Crippen molar-refractivity contribution in [1.29, 1.82) is 0 Å². The van der Waals surface area contributed by atoms with Crippen LogP contribution >= 0.6 is 0 Å². The lowest BCUT2D eigenvalue weighted by Crippen LogP contribution is -2.35. The van der Waals surface area contributed by atoms with E-state index in [-0.39, 0.29) is 17.0 Å². The first-order chi connectivity index (χ1) is 14.7. The number of amides is 1. The van der Waals surface area contributed by atoms with Gasteiger partial charge in [-0.1, -0.05) is 18.6 Å². The maximum atomic E-state index is 13.3. The average molecular weight is 452 g/mol. The number of aryl methyl sites for hydroxylation is 1. The molecule has 1 N–H and O–H groups in total. The molecule has 0 bridgehead atoms. The molecule has 0 radical (unpaired) electrons. The molecule has 8 nitrogen and oxygen atoms in total. The Morgan fingerprint density at radius 3 is 2.42 bits per heavy atom. The van der Waals surface area contributed by atoms with Gasteiger partial charge in [0.2, 0.25) is 10.0 Å². The number of rotatable bonds is 7. The second-order valence-corrected chi connectivity index (χ2v) is 9.43. The molecule has 1 fully saturated rings. The smallest absolute Gasteiger partial charge is 0.307 e. The van der Waals surface area contributed by atoms with Gasteiger partial charge in [-0.2, -0.15) is 4.31 Å². The maximum absolute atomic E-state index is 13.3. The molecule has 10 heteroatoms. The summed E-state index contributed by atoms with van der Waals surface area (Å²) in [4.78, 5) is 24.8. The van der Waals surface area contributed by atoms with Crippen LogP contribution in [-0.2, 0) is 26.6 Å². The summed E-state index contributed by atoms with van der Waals surface area (Å²) in [5.74, 6) is -1.54. The van der Waals surface area contributed by atoms with E-state index in [1.807, 2.05) is 0 Å². The van der Waals surface area contributed by atoms with Gasteiger partial charge in [0.1, 0.15) is 16.4 Å². The number of ether oxygens (including phenoxy) is 1. The summed E-state index contributed by atoms with van der Waals surface area (Å²) in [6.45, 7) is 0.926. The third kappa shape index (κ3) is 5.31. The van der Waals surface area contributed by atoms with Crippen molar-refractivity contribution >= 4 is 21.9 Å². The highest BCUT2D eigenvalue weighted by atomic mass is 32.2. The van der Waals surface area contributed by atoms with Crippen molar-refractivity contribution in [2.45, 2.75) is 36.6 Å². The van der Waals surface area contributed by atoms with E-state index >= 15 is 0 Å². The molecule has 1 saturated heterocycles. The summed E-state index contributed by atoms with van der Waals surface area (Å²) in [7, 11) is -0.871. The zero-order valence-corrected chi connectivity index (χ0v) is 18.3. The normalized spacial score (nSPS) is 16.0. The second-order valence-electron chi connectivity index (χ2n) is 7.49. The van der Waals surface area contributed by atoms with Crippen LogP contribution in [0.25, 0.3) is 0 Å². The van der Waals surface area contributed by atoms with Gasteiger partial charge in [0.25, 0.3) is 5.91 Å². The van der Waals surface area contributed by atoms with Crippen LogP contribution in [0.5, 0.6) is 0 Å². The molecule has 1 aliphatic heterocycles. The van der Waals surface area contributed by atoms with E-state index in [1.54, 1.807) is 7.05 Å². The van der Waals surface area contributed by atoms with Gasteiger partial charge < -0.3 is 14.6 Å². The first-order valence-electron chi connectivity index (χ1n) is 10.0. The predicted octanol–water partition coefficient (Wildman–Crippen LogP) is 2.37. The predicted molar refractivity (Wildman–Crippen MR) is 111 cm³/mol. The van der Waals surface area contributed by atoms with E-state index in [9.17, 15) is 22.4 Å². The number of esters is 1. The molecule has 3 rings (SSSR count). The van der Waals surface area contributed by atoms with Crippen LogP contribution in [0.15, 0.2) is 41.4 Å². The molecule has 31 heavy (non-hydrogen) atoms. The summed E-state index contributed by atoms with van der Waals surface area (Å²) >= 11 is 0. The Labute approximate surface area is 181 Å². The molecule has 0 spiro atoms. The zero-order chi connectivity index (χ0) is 22.6. The van der Waals surface area contributed by atoms with E-state index < -0.39 is 33.8 Å². The Bertz CT molecular complexity index is 1040. The van der Waals surface area contributed by atoms with Crippen LogP contribution < -0.4 is 5.32 Å². The lowest BCUT2D eigenvalue weighted by atomic mass is 10.0. The summed E-state index contributed by atoms with van der Waals surface area (Å²) in [5.41, 5.74) is 0.656. The van der Waals surface area contributed by atoms with Crippen LogP contribution in [0, 0.1) is 5.82 Å². The minimum absolute atomic E-state index is 0.0494. The van der Waals surface area contributed by atoms with Gasteiger partial charge in [0, 0.05) is 26.3 Å². The maximum Gasteiger partial charge on any atom is 0.307 e. The topological polar surface area (TPSA) is 97.7 Å². The minimum Gasteiger partial charge on any atom is -0.469 e. The van der Waals surface area contributed by atoms with Crippen molar-refractivity contribution in [2.24, 2.45) is 7.05 Å². The molecule has 0 saturated carbocycles. The van der Waals surface area contributed by atoms with Gasteiger partial charge in [-0.05, 0) is 36.6 Å². The van der Waals surface area contributed by atoms with Gasteiger partial charge >= 0.3 is 5.97 Å². The van der Waals surface area contributed by atoms with E-state index in [0.717, 1.165) is 19.3 Å². The van der Waals surface area contributed by atoms with Crippen molar-refractivity contribution in [3.8, 4) is 0 Å². The number of methoxy groups -OCH3 is 1. The summed E-state index contributed by atoms with van der Waals surface area (Å²) in [6, 6.07) is 5.98. The first kappa shape index (κ1) is 23.0. The average Bonchev–Trinajstić information content (AvgIpc) is 3.17. The van der Waals surface area contributed by atoms with Crippen LogP contribution in [-0.4, -0.2) is 49.4 Å². The summed E-state index contributed by atoms with van der Waals surface area (Å²) in [5, 5.41) is 2.73. The molecule has 168 valence electrons. The fourth-order valence-electron chi connectivity index (χ4n) is 3.58.